The molecule has 0 radical (unpaired) electrons. The first-order chi connectivity index (χ1) is 2.83. The van der Waals surface area contributed by atoms with Crippen molar-refractivity contribution in [2.24, 2.45) is 11.5 Å². The molecule has 0 amide bonds. The molecule has 0 rings (SSSR count). The van der Waals surface area contributed by atoms with E-state index in [1.807, 2.05) is 0 Å². The van der Waals surface area contributed by atoms with Crippen LogP contribution in [0, 0.1) is 22.9 Å². The topological polar surface area (TPSA) is 99.6 Å². The van der Waals surface area contributed by atoms with Gasteiger partial charge in [0.2, 0.25) is 0 Å². The van der Waals surface area contributed by atoms with Gasteiger partial charge in [-0.15, -0.1) is 0 Å². The van der Waals surface area contributed by atoms with E-state index in [1.165, 1.54) is 12.4 Å². The Hall–Kier alpha value is -0.901. The van der Waals surface area contributed by atoms with Crippen molar-refractivity contribution in [2.75, 3.05) is 0 Å². The molecule has 0 aromatic carbocycles. The summed E-state index contributed by atoms with van der Waals surface area (Å²) in [6.45, 7) is 0. The summed E-state index contributed by atoms with van der Waals surface area (Å²) in [5.41, 5.74) is 8.31. The summed E-state index contributed by atoms with van der Waals surface area (Å²) in [5.74, 6) is 0. The molecule has 7 heavy (non-hydrogen) atoms. The molecule has 0 aromatic heterocycles. The predicted molar refractivity (Wildman–Crippen MR) is 19.6 cm³/mol. The first-order valence-corrected chi connectivity index (χ1v) is 1.02. The van der Waals surface area contributed by atoms with Gasteiger partial charge in [-0.2, -0.15) is 10.5 Å². The van der Waals surface area contributed by atoms with Crippen LogP contribution >= 0.6 is 0 Å². The second-order valence-electron chi connectivity index (χ2n) is 0.258. The standard InChI is InChI=1S/2CH2N2.Cu/c2*2-1-3;/h2*2H2;/q;;+1. The minimum Gasteiger partial charge on any atom is -0.337 e. The first-order valence-electron chi connectivity index (χ1n) is 1.02. The third-order valence-electron chi connectivity index (χ3n) is 0. The molecule has 0 aromatic rings. The van der Waals surface area contributed by atoms with E-state index in [4.69, 9.17) is 10.5 Å². The van der Waals surface area contributed by atoms with Crippen LogP contribution in [-0.4, -0.2) is 0 Å². The molecule has 5 heteroatoms. The summed E-state index contributed by atoms with van der Waals surface area (Å²) < 4.78 is 0. The Morgan fingerprint density at radius 3 is 1.00 bits per heavy atom. The number of nitriles is 2. The van der Waals surface area contributed by atoms with Gasteiger partial charge in [-0.1, -0.05) is 0 Å². The van der Waals surface area contributed by atoms with Crippen molar-refractivity contribution in [3.63, 3.8) is 0 Å². The van der Waals surface area contributed by atoms with Crippen LogP contribution in [0.5, 0.6) is 0 Å². The predicted octanol–water partition coefficient (Wildman–Crippen LogP) is -1.15. The van der Waals surface area contributed by atoms with Crippen LogP contribution in [0.25, 0.3) is 0 Å². The van der Waals surface area contributed by atoms with Crippen LogP contribution < -0.4 is 11.5 Å². The minimum absolute atomic E-state index is 0. The molecule has 0 saturated carbocycles. The minimum atomic E-state index is 0. The number of hydrogen-bond donors (Lipinski definition) is 2. The zero-order valence-corrected chi connectivity index (χ0v) is 4.29. The monoisotopic (exact) mass is 147 g/mol. The molecule has 0 atom stereocenters. The van der Waals surface area contributed by atoms with E-state index in [0.29, 0.717) is 0 Å². The summed E-state index contributed by atoms with van der Waals surface area (Å²) >= 11 is 0. The quantitative estimate of drug-likeness (QED) is 0.257. The Kier molecular flexibility index (Phi) is 167. The van der Waals surface area contributed by atoms with Gasteiger partial charge in [0.1, 0.15) is 0 Å². The molecular formula is C2H4CuN4+. The maximum absolute atomic E-state index is 7.10. The SMILES string of the molecule is N#CN.N#CN.[Cu+]. The number of hydrogen-bond acceptors (Lipinski definition) is 4. The first kappa shape index (κ1) is 16.5. The molecule has 4 N–H and O–H groups in total. The molecule has 0 bridgehead atoms. The van der Waals surface area contributed by atoms with Crippen molar-refractivity contribution < 1.29 is 17.1 Å². The molecule has 0 spiro atoms. The largest absolute Gasteiger partial charge is 1.00 e. The van der Waals surface area contributed by atoms with Gasteiger partial charge >= 0.3 is 17.1 Å². The Labute approximate surface area is 52.2 Å². The average molecular weight is 148 g/mol. The molecule has 0 heterocycles. The molecule has 4 nitrogen and oxygen atoms in total. The van der Waals surface area contributed by atoms with Crippen LogP contribution in [0.2, 0.25) is 0 Å². The molecule has 0 aliphatic carbocycles. The molecular weight excluding hydrogens is 144 g/mol. The van der Waals surface area contributed by atoms with E-state index in [1.54, 1.807) is 0 Å². The van der Waals surface area contributed by atoms with Crippen molar-refractivity contribution in [2.45, 2.75) is 0 Å². The fraction of sp³-hybridized carbons (Fsp3) is 0. The third kappa shape index (κ3) is 60.4. The van der Waals surface area contributed by atoms with Gasteiger partial charge in [0.15, 0.2) is 12.4 Å². The van der Waals surface area contributed by atoms with Gasteiger partial charge in [0.25, 0.3) is 0 Å². The molecule has 0 saturated heterocycles. The van der Waals surface area contributed by atoms with Gasteiger partial charge < -0.3 is 11.5 Å². The van der Waals surface area contributed by atoms with Crippen molar-refractivity contribution in [3.05, 3.63) is 0 Å². The maximum atomic E-state index is 7.10. The summed E-state index contributed by atoms with van der Waals surface area (Å²) in [6.07, 6.45) is 2.50. The van der Waals surface area contributed by atoms with Crippen LogP contribution in [0.15, 0.2) is 0 Å². The number of nitrogens with two attached hydrogens (primary N) is 2. The summed E-state index contributed by atoms with van der Waals surface area (Å²) in [4.78, 5) is 0. The third-order valence-corrected chi connectivity index (χ3v) is 0. The second-order valence-corrected chi connectivity index (χ2v) is 0.258. The van der Waals surface area contributed by atoms with Gasteiger partial charge in [0, 0.05) is 0 Å². The van der Waals surface area contributed by atoms with Crippen molar-refractivity contribution in [1.82, 2.24) is 0 Å². The Bertz CT molecular complexity index is 64.7. The van der Waals surface area contributed by atoms with E-state index >= 15 is 0 Å². The van der Waals surface area contributed by atoms with Gasteiger partial charge in [0.05, 0.1) is 0 Å². The summed E-state index contributed by atoms with van der Waals surface area (Å²) in [7, 11) is 0. The van der Waals surface area contributed by atoms with Gasteiger partial charge in [-0.25, -0.2) is 0 Å². The molecule has 0 aliphatic heterocycles. The van der Waals surface area contributed by atoms with Crippen molar-refractivity contribution in [3.8, 4) is 12.4 Å². The van der Waals surface area contributed by atoms with E-state index < -0.39 is 0 Å². The number of rotatable bonds is 0. The average Bonchev–Trinajstić information content (AvgIpc) is 1.39. The van der Waals surface area contributed by atoms with E-state index in [2.05, 4.69) is 11.5 Å². The van der Waals surface area contributed by atoms with E-state index in [9.17, 15) is 0 Å². The Morgan fingerprint density at radius 2 is 1.00 bits per heavy atom. The molecule has 0 unspecified atom stereocenters. The molecule has 0 fully saturated rings. The van der Waals surface area contributed by atoms with E-state index in [0.717, 1.165) is 0 Å². The molecule has 42 valence electrons. The van der Waals surface area contributed by atoms with Crippen LogP contribution in [0.3, 0.4) is 0 Å². The Morgan fingerprint density at radius 1 is 1.00 bits per heavy atom. The summed E-state index contributed by atoms with van der Waals surface area (Å²) in [5, 5.41) is 14.2. The van der Waals surface area contributed by atoms with Crippen LogP contribution in [-0.2, 0) is 17.1 Å². The zero-order chi connectivity index (χ0) is 5.41. The van der Waals surface area contributed by atoms with Gasteiger partial charge in [-0.05, 0) is 0 Å². The fourth-order valence-electron chi connectivity index (χ4n) is 0. The van der Waals surface area contributed by atoms with Crippen molar-refractivity contribution >= 4 is 0 Å². The maximum Gasteiger partial charge on any atom is 1.00 e. The normalized spacial score (nSPS) is 2.00. The zero-order valence-electron chi connectivity index (χ0n) is 3.35. The van der Waals surface area contributed by atoms with Crippen LogP contribution in [0.4, 0.5) is 0 Å². The van der Waals surface area contributed by atoms with E-state index in [-0.39, 0.29) is 17.1 Å². The number of nitrogens with zero attached hydrogens (tertiary/aromatic N) is 2. The second kappa shape index (κ2) is 70.9. The smallest absolute Gasteiger partial charge is 0.337 e. The summed E-state index contributed by atoms with van der Waals surface area (Å²) in [6, 6.07) is 0. The molecule has 0 aliphatic rings. The van der Waals surface area contributed by atoms with Crippen molar-refractivity contribution in [1.29, 1.82) is 10.5 Å². The fourth-order valence-corrected chi connectivity index (χ4v) is 0. The van der Waals surface area contributed by atoms with Gasteiger partial charge in [-0.3, -0.25) is 0 Å². The van der Waals surface area contributed by atoms with Crippen LogP contribution in [0.1, 0.15) is 0 Å². The Balaban J connectivity index is -0.0000000400.